The number of likely N-dealkylation sites (N-methyl/N-ethyl adjacent to an activating group) is 1. The van der Waals surface area contributed by atoms with Gasteiger partial charge in [-0.25, -0.2) is 0 Å². The lowest BCUT2D eigenvalue weighted by atomic mass is 10.1. The van der Waals surface area contributed by atoms with E-state index in [1.165, 1.54) is 26.1 Å². The van der Waals surface area contributed by atoms with Crippen molar-refractivity contribution in [2.75, 3.05) is 66.6 Å². The summed E-state index contributed by atoms with van der Waals surface area (Å²) in [7, 11) is 4.44. The molecule has 0 saturated carbocycles. The van der Waals surface area contributed by atoms with E-state index in [2.05, 4.69) is 29.2 Å². The van der Waals surface area contributed by atoms with E-state index < -0.39 is 0 Å². The molecule has 0 aromatic heterocycles. The minimum atomic E-state index is 0.816. The first-order valence-corrected chi connectivity index (χ1v) is 6.88. The van der Waals surface area contributed by atoms with E-state index in [1.807, 2.05) is 6.92 Å². The van der Waals surface area contributed by atoms with Crippen LogP contribution in [0.25, 0.3) is 0 Å². The van der Waals surface area contributed by atoms with Gasteiger partial charge in [-0.15, -0.1) is 0 Å². The minimum Gasteiger partial charge on any atom is -0.380 e. The first-order valence-electron chi connectivity index (χ1n) is 6.88. The van der Waals surface area contributed by atoms with Crippen LogP contribution in [0.15, 0.2) is 0 Å². The van der Waals surface area contributed by atoms with Gasteiger partial charge in [0.1, 0.15) is 0 Å². The van der Waals surface area contributed by atoms with E-state index in [-0.39, 0.29) is 0 Å². The second kappa shape index (κ2) is 8.86. The van der Waals surface area contributed by atoms with Gasteiger partial charge in [0.05, 0.1) is 6.61 Å². The second-order valence-electron chi connectivity index (χ2n) is 5.13. The molecule has 0 radical (unpaired) electrons. The van der Waals surface area contributed by atoms with Crippen LogP contribution in [-0.4, -0.2) is 76.4 Å². The second-order valence-corrected chi connectivity index (χ2v) is 5.13. The molecule has 0 amide bonds. The average Bonchev–Trinajstić information content (AvgIpc) is 2.69. The summed E-state index contributed by atoms with van der Waals surface area (Å²) in [4.78, 5) is 4.87. The van der Waals surface area contributed by atoms with Gasteiger partial charge in [-0.05, 0) is 39.9 Å². The Kier molecular flexibility index (Phi) is 7.77. The van der Waals surface area contributed by atoms with E-state index in [1.54, 1.807) is 0 Å². The molecule has 102 valence electrons. The molecular formula is C13H29N3O. The number of nitrogens with zero attached hydrogens (tertiary/aromatic N) is 2. The van der Waals surface area contributed by atoms with E-state index in [9.17, 15) is 0 Å². The first kappa shape index (κ1) is 14.9. The Labute approximate surface area is 106 Å². The summed E-state index contributed by atoms with van der Waals surface area (Å²) in [5, 5.41) is 3.41. The van der Waals surface area contributed by atoms with Crippen LogP contribution in [0.2, 0.25) is 0 Å². The molecule has 1 unspecified atom stereocenters. The summed E-state index contributed by atoms with van der Waals surface area (Å²) in [6.07, 6.45) is 1.36. The molecule has 0 aliphatic carbocycles. The van der Waals surface area contributed by atoms with Crippen molar-refractivity contribution in [1.82, 2.24) is 15.1 Å². The number of hydrogen-bond donors (Lipinski definition) is 1. The number of likely N-dealkylation sites (tertiary alicyclic amines) is 1. The van der Waals surface area contributed by atoms with Crippen molar-refractivity contribution in [2.24, 2.45) is 5.92 Å². The Morgan fingerprint density at radius 3 is 2.88 bits per heavy atom. The van der Waals surface area contributed by atoms with Gasteiger partial charge in [-0.1, -0.05) is 0 Å². The molecular weight excluding hydrogens is 214 g/mol. The summed E-state index contributed by atoms with van der Waals surface area (Å²) in [6, 6.07) is 0. The third-order valence-corrected chi connectivity index (χ3v) is 3.36. The van der Waals surface area contributed by atoms with Gasteiger partial charge >= 0.3 is 0 Å². The SMILES string of the molecule is CCOCCNCCN(C)CC1CCN(C)C1. The molecule has 1 rings (SSSR count). The van der Waals surface area contributed by atoms with Crippen LogP contribution in [0.1, 0.15) is 13.3 Å². The third kappa shape index (κ3) is 6.99. The first-order chi connectivity index (χ1) is 8.22. The molecule has 0 aromatic rings. The van der Waals surface area contributed by atoms with Crippen molar-refractivity contribution in [3.8, 4) is 0 Å². The van der Waals surface area contributed by atoms with E-state index in [0.29, 0.717) is 0 Å². The highest BCUT2D eigenvalue weighted by molar-refractivity contribution is 4.75. The summed E-state index contributed by atoms with van der Waals surface area (Å²) in [5.41, 5.74) is 0. The summed E-state index contributed by atoms with van der Waals surface area (Å²) in [6.45, 7) is 10.6. The highest BCUT2D eigenvalue weighted by Gasteiger charge is 2.20. The smallest absolute Gasteiger partial charge is 0.0590 e. The molecule has 1 heterocycles. The van der Waals surface area contributed by atoms with Crippen molar-refractivity contribution in [3.63, 3.8) is 0 Å². The van der Waals surface area contributed by atoms with Crippen molar-refractivity contribution in [3.05, 3.63) is 0 Å². The lowest BCUT2D eigenvalue weighted by molar-refractivity contribution is 0.148. The number of nitrogens with one attached hydrogen (secondary N) is 1. The van der Waals surface area contributed by atoms with Gasteiger partial charge in [-0.3, -0.25) is 0 Å². The fourth-order valence-electron chi connectivity index (χ4n) is 2.39. The molecule has 4 nitrogen and oxygen atoms in total. The molecule has 1 fully saturated rings. The van der Waals surface area contributed by atoms with Crippen LogP contribution < -0.4 is 5.32 Å². The molecule has 0 bridgehead atoms. The third-order valence-electron chi connectivity index (χ3n) is 3.36. The molecule has 1 atom stereocenters. The van der Waals surface area contributed by atoms with Gasteiger partial charge in [-0.2, -0.15) is 0 Å². The maximum absolute atomic E-state index is 5.28. The summed E-state index contributed by atoms with van der Waals surface area (Å²) in [5.74, 6) is 0.869. The molecule has 1 aliphatic rings. The lowest BCUT2D eigenvalue weighted by Gasteiger charge is -2.21. The van der Waals surface area contributed by atoms with Crippen LogP contribution in [0.3, 0.4) is 0 Å². The number of ether oxygens (including phenoxy) is 1. The number of hydrogen-bond acceptors (Lipinski definition) is 4. The zero-order valence-electron chi connectivity index (χ0n) is 11.7. The van der Waals surface area contributed by atoms with Crippen molar-refractivity contribution in [1.29, 1.82) is 0 Å². The monoisotopic (exact) mass is 243 g/mol. The molecule has 1 aliphatic heterocycles. The predicted molar refractivity (Wildman–Crippen MR) is 72.5 cm³/mol. The molecule has 1 saturated heterocycles. The fourth-order valence-corrected chi connectivity index (χ4v) is 2.39. The van der Waals surface area contributed by atoms with Crippen molar-refractivity contribution >= 4 is 0 Å². The maximum Gasteiger partial charge on any atom is 0.0590 e. The van der Waals surface area contributed by atoms with Crippen molar-refractivity contribution < 1.29 is 4.74 Å². The van der Waals surface area contributed by atoms with Gasteiger partial charge in [0.2, 0.25) is 0 Å². The van der Waals surface area contributed by atoms with Gasteiger partial charge in [0.25, 0.3) is 0 Å². The van der Waals surface area contributed by atoms with Crippen LogP contribution in [0.5, 0.6) is 0 Å². The normalized spacial score (nSPS) is 21.5. The van der Waals surface area contributed by atoms with Crippen LogP contribution in [0.4, 0.5) is 0 Å². The highest BCUT2D eigenvalue weighted by Crippen LogP contribution is 2.14. The van der Waals surface area contributed by atoms with E-state index in [4.69, 9.17) is 4.74 Å². The van der Waals surface area contributed by atoms with Gasteiger partial charge in [0.15, 0.2) is 0 Å². The standard InChI is InChI=1S/C13H29N3O/c1-4-17-10-7-14-6-9-16(3)12-13-5-8-15(2)11-13/h13-14H,4-12H2,1-3H3. The Balaban J connectivity index is 1.92. The lowest BCUT2D eigenvalue weighted by Crippen LogP contribution is -2.34. The predicted octanol–water partition coefficient (Wildman–Crippen LogP) is 0.496. The van der Waals surface area contributed by atoms with E-state index in [0.717, 1.165) is 38.8 Å². The molecule has 0 aromatic carbocycles. The molecule has 4 heteroatoms. The topological polar surface area (TPSA) is 27.7 Å². The zero-order chi connectivity index (χ0) is 12.5. The molecule has 0 spiro atoms. The zero-order valence-corrected chi connectivity index (χ0v) is 11.7. The largest absolute Gasteiger partial charge is 0.380 e. The summed E-state index contributed by atoms with van der Waals surface area (Å²) >= 11 is 0. The average molecular weight is 243 g/mol. The van der Waals surface area contributed by atoms with Crippen molar-refractivity contribution in [2.45, 2.75) is 13.3 Å². The summed E-state index contributed by atoms with van der Waals surface area (Å²) < 4.78 is 5.28. The Hall–Kier alpha value is -0.160. The minimum absolute atomic E-state index is 0.816. The highest BCUT2D eigenvalue weighted by atomic mass is 16.5. The number of rotatable bonds is 9. The van der Waals surface area contributed by atoms with Gasteiger partial charge < -0.3 is 19.9 Å². The van der Waals surface area contributed by atoms with Crippen LogP contribution in [-0.2, 0) is 4.74 Å². The van der Waals surface area contributed by atoms with Crippen LogP contribution in [0, 0.1) is 5.92 Å². The Bertz CT molecular complexity index is 190. The Morgan fingerprint density at radius 2 is 2.24 bits per heavy atom. The van der Waals surface area contributed by atoms with Gasteiger partial charge in [0, 0.05) is 39.3 Å². The fraction of sp³-hybridized carbons (Fsp3) is 1.00. The van der Waals surface area contributed by atoms with Crippen LogP contribution >= 0.6 is 0 Å². The van der Waals surface area contributed by atoms with E-state index >= 15 is 0 Å². The maximum atomic E-state index is 5.28. The molecule has 1 N–H and O–H groups in total. The Morgan fingerprint density at radius 1 is 1.41 bits per heavy atom. The quantitative estimate of drug-likeness (QED) is 0.597. The molecule has 17 heavy (non-hydrogen) atoms.